The summed E-state index contributed by atoms with van der Waals surface area (Å²) in [7, 11) is 0. The summed E-state index contributed by atoms with van der Waals surface area (Å²) >= 11 is 0. The van der Waals surface area contributed by atoms with Gasteiger partial charge in [0.15, 0.2) is 5.82 Å². The first-order chi connectivity index (χ1) is 12.1. The summed E-state index contributed by atoms with van der Waals surface area (Å²) in [5.74, 6) is 2.97. The lowest BCUT2D eigenvalue weighted by molar-refractivity contribution is -0.131. The van der Waals surface area contributed by atoms with E-state index in [1.165, 1.54) is 32.1 Å². The minimum Gasteiger partial charge on any atom is -0.340 e. The van der Waals surface area contributed by atoms with Crippen molar-refractivity contribution in [2.45, 2.75) is 57.4 Å². The molecular formula is C18H24N6O. The highest BCUT2D eigenvalue weighted by molar-refractivity contribution is 5.76. The monoisotopic (exact) mass is 340 g/mol. The van der Waals surface area contributed by atoms with Gasteiger partial charge in [-0.05, 0) is 43.6 Å². The molecule has 5 rings (SSSR count). The van der Waals surface area contributed by atoms with Crippen LogP contribution in [0.15, 0.2) is 12.4 Å². The number of H-pyrrole nitrogens is 1. The van der Waals surface area contributed by atoms with E-state index >= 15 is 0 Å². The number of hydrogen-bond donors (Lipinski definition) is 1. The normalized spacial score (nSPS) is 24.7. The number of carbonyl (C=O) groups is 1. The number of nitrogens with zero attached hydrogens (tertiary/aromatic N) is 5. The first-order valence-electron chi connectivity index (χ1n) is 9.32. The van der Waals surface area contributed by atoms with Crippen molar-refractivity contribution in [2.24, 2.45) is 5.41 Å². The summed E-state index contributed by atoms with van der Waals surface area (Å²) in [6.45, 7) is 3.90. The Balaban J connectivity index is 1.34. The Hall–Kier alpha value is -2.18. The summed E-state index contributed by atoms with van der Waals surface area (Å²) in [5.41, 5.74) is 1.28. The van der Waals surface area contributed by atoms with Crippen LogP contribution < -0.4 is 0 Å². The van der Waals surface area contributed by atoms with E-state index in [0.29, 0.717) is 18.4 Å². The Morgan fingerprint density at radius 3 is 2.88 bits per heavy atom. The van der Waals surface area contributed by atoms with Crippen LogP contribution in [-0.4, -0.2) is 48.9 Å². The average molecular weight is 340 g/mol. The smallest absolute Gasteiger partial charge is 0.244 e. The molecule has 132 valence electrons. The number of nitrogens with one attached hydrogen (secondary N) is 1. The fourth-order valence-corrected chi connectivity index (χ4v) is 4.43. The Bertz CT molecular complexity index is 800. The van der Waals surface area contributed by atoms with Gasteiger partial charge < -0.3 is 4.90 Å². The topological polar surface area (TPSA) is 79.7 Å². The van der Waals surface area contributed by atoms with Crippen molar-refractivity contribution < 1.29 is 4.79 Å². The minimum atomic E-state index is 0.152. The van der Waals surface area contributed by atoms with Gasteiger partial charge in [0.2, 0.25) is 5.91 Å². The van der Waals surface area contributed by atoms with Gasteiger partial charge in [-0.3, -0.25) is 14.6 Å². The summed E-state index contributed by atoms with van der Waals surface area (Å²) in [6.07, 6.45) is 9.75. The Morgan fingerprint density at radius 1 is 1.40 bits per heavy atom. The molecule has 3 heterocycles. The molecular weight excluding hydrogens is 316 g/mol. The number of hydrogen-bond acceptors (Lipinski definition) is 4. The molecule has 25 heavy (non-hydrogen) atoms. The third-order valence-corrected chi connectivity index (χ3v) is 6.20. The van der Waals surface area contributed by atoms with Gasteiger partial charge in [-0.1, -0.05) is 6.42 Å². The zero-order valence-electron chi connectivity index (χ0n) is 14.6. The Kier molecular flexibility index (Phi) is 3.27. The average Bonchev–Trinajstić information content (AvgIpc) is 2.98. The molecule has 2 saturated carbocycles. The highest BCUT2D eigenvalue weighted by Gasteiger charge is 2.53. The Morgan fingerprint density at radius 2 is 2.24 bits per heavy atom. The summed E-state index contributed by atoms with van der Waals surface area (Å²) in [6, 6.07) is 0. The van der Waals surface area contributed by atoms with Gasteiger partial charge in [-0.2, -0.15) is 10.2 Å². The molecule has 0 bridgehead atoms. The van der Waals surface area contributed by atoms with Crippen LogP contribution in [0.2, 0.25) is 0 Å². The number of likely N-dealkylation sites (tertiary alicyclic amines) is 1. The van der Waals surface area contributed by atoms with Crippen molar-refractivity contribution in [1.82, 2.24) is 29.9 Å². The number of rotatable bonds is 4. The van der Waals surface area contributed by atoms with Gasteiger partial charge in [0.25, 0.3) is 0 Å². The Labute approximate surface area is 146 Å². The van der Waals surface area contributed by atoms with E-state index < -0.39 is 0 Å². The quantitative estimate of drug-likeness (QED) is 0.923. The number of aromatic amines is 1. The summed E-state index contributed by atoms with van der Waals surface area (Å²) in [5, 5.41) is 11.9. The molecule has 1 amide bonds. The fraction of sp³-hybridized carbons (Fsp3) is 0.667. The van der Waals surface area contributed by atoms with Crippen LogP contribution in [0.4, 0.5) is 0 Å². The van der Waals surface area contributed by atoms with Crippen molar-refractivity contribution in [2.75, 3.05) is 13.1 Å². The highest BCUT2D eigenvalue weighted by Crippen LogP contribution is 2.55. The van der Waals surface area contributed by atoms with E-state index in [1.807, 2.05) is 18.0 Å². The molecule has 0 aromatic carbocycles. The molecule has 0 radical (unpaired) electrons. The molecule has 1 spiro atoms. The molecule has 7 heteroatoms. The lowest BCUT2D eigenvalue weighted by Crippen LogP contribution is -2.38. The van der Waals surface area contributed by atoms with Crippen LogP contribution in [0, 0.1) is 12.3 Å². The second kappa shape index (κ2) is 5.41. The van der Waals surface area contributed by atoms with E-state index in [1.54, 1.807) is 10.9 Å². The van der Waals surface area contributed by atoms with Crippen LogP contribution in [0.1, 0.15) is 61.2 Å². The molecule has 1 unspecified atom stereocenters. The number of aryl methyl sites for hydroxylation is 1. The number of aromatic nitrogens is 5. The molecule has 2 aliphatic carbocycles. The van der Waals surface area contributed by atoms with Crippen LogP contribution in [0.25, 0.3) is 0 Å². The third kappa shape index (κ3) is 2.56. The number of amides is 1. The first kappa shape index (κ1) is 15.1. The van der Waals surface area contributed by atoms with Crippen molar-refractivity contribution >= 4 is 5.91 Å². The molecule has 3 fully saturated rings. The zero-order valence-corrected chi connectivity index (χ0v) is 14.6. The molecule has 3 aliphatic rings. The molecule has 1 atom stereocenters. The molecule has 2 aromatic heterocycles. The summed E-state index contributed by atoms with van der Waals surface area (Å²) < 4.78 is 1.73. The van der Waals surface area contributed by atoms with Crippen molar-refractivity contribution in [3.63, 3.8) is 0 Å². The first-order valence-corrected chi connectivity index (χ1v) is 9.32. The van der Waals surface area contributed by atoms with Crippen LogP contribution >= 0.6 is 0 Å². The highest BCUT2D eigenvalue weighted by atomic mass is 16.2. The maximum atomic E-state index is 12.8. The summed E-state index contributed by atoms with van der Waals surface area (Å²) in [4.78, 5) is 19.6. The van der Waals surface area contributed by atoms with Crippen LogP contribution in [0.3, 0.4) is 0 Å². The van der Waals surface area contributed by atoms with Gasteiger partial charge in [0, 0.05) is 31.1 Å². The van der Waals surface area contributed by atoms with Crippen LogP contribution in [-0.2, 0) is 11.3 Å². The molecule has 7 nitrogen and oxygen atoms in total. The molecule has 1 N–H and O–H groups in total. The predicted octanol–water partition coefficient (Wildman–Crippen LogP) is 1.98. The van der Waals surface area contributed by atoms with Gasteiger partial charge in [0.1, 0.15) is 12.4 Å². The molecule has 1 saturated heterocycles. The van der Waals surface area contributed by atoms with Gasteiger partial charge in [-0.15, -0.1) is 0 Å². The van der Waals surface area contributed by atoms with Crippen LogP contribution in [0.5, 0.6) is 0 Å². The number of carbonyl (C=O) groups excluding carboxylic acids is 1. The van der Waals surface area contributed by atoms with Crippen molar-refractivity contribution in [1.29, 1.82) is 0 Å². The minimum absolute atomic E-state index is 0.152. The standard InChI is InChI=1S/C18H24N6O/c1-12-7-19-24(8-12)10-15(25)23-9-14(18(11-23)5-2-6-18)17-20-16(21-22-17)13-3-4-13/h7-8,13-14H,2-6,9-11H2,1H3,(H,20,21,22). The third-order valence-electron chi connectivity index (χ3n) is 6.20. The van der Waals surface area contributed by atoms with E-state index in [9.17, 15) is 4.79 Å². The maximum Gasteiger partial charge on any atom is 0.244 e. The maximum absolute atomic E-state index is 12.8. The van der Waals surface area contributed by atoms with Gasteiger partial charge in [-0.25, -0.2) is 4.98 Å². The van der Waals surface area contributed by atoms with E-state index in [2.05, 4.69) is 15.3 Å². The molecule has 2 aromatic rings. The van der Waals surface area contributed by atoms with E-state index in [4.69, 9.17) is 4.98 Å². The predicted molar refractivity (Wildman–Crippen MR) is 90.9 cm³/mol. The van der Waals surface area contributed by atoms with Gasteiger partial charge >= 0.3 is 0 Å². The van der Waals surface area contributed by atoms with Gasteiger partial charge in [0.05, 0.1) is 6.20 Å². The zero-order chi connectivity index (χ0) is 17.0. The van der Waals surface area contributed by atoms with Crippen molar-refractivity contribution in [3.8, 4) is 0 Å². The molecule has 1 aliphatic heterocycles. The lowest BCUT2D eigenvalue weighted by atomic mass is 9.62. The second-order valence-corrected chi connectivity index (χ2v) is 8.11. The second-order valence-electron chi connectivity index (χ2n) is 8.11. The largest absolute Gasteiger partial charge is 0.340 e. The SMILES string of the molecule is Cc1cnn(CC(=O)N2CC(c3nc(C4CC4)n[nH]3)C3(CCC3)C2)c1. The lowest BCUT2D eigenvalue weighted by Gasteiger charge is -2.41. The van der Waals surface area contributed by atoms with E-state index in [-0.39, 0.29) is 11.3 Å². The fourth-order valence-electron chi connectivity index (χ4n) is 4.43. The van der Waals surface area contributed by atoms with Crippen molar-refractivity contribution in [3.05, 3.63) is 29.6 Å². The van der Waals surface area contributed by atoms with E-state index in [0.717, 1.165) is 30.3 Å².